The Morgan fingerprint density at radius 2 is 1.75 bits per heavy atom. The first kappa shape index (κ1) is 16.8. The Balaban J connectivity index is 2.06. The van der Waals surface area contributed by atoms with Crippen LogP contribution in [-0.4, -0.2) is 32.2 Å². The van der Waals surface area contributed by atoms with Crippen LogP contribution in [0.25, 0.3) is 22.2 Å². The molecule has 0 fully saturated rings. The van der Waals surface area contributed by atoms with Gasteiger partial charge in [0, 0.05) is 29.1 Å². The first-order valence-corrected chi connectivity index (χ1v) is 8.72. The molecule has 0 aliphatic heterocycles. The zero-order valence-corrected chi connectivity index (χ0v) is 14.1. The summed E-state index contributed by atoms with van der Waals surface area (Å²) in [7, 11) is 0. The number of H-pyrrole nitrogens is 1. The summed E-state index contributed by atoms with van der Waals surface area (Å²) >= 11 is 1.01. The molecular formula is C19H19NO3S. The number of aliphatic hydroxyl groups excluding tert-OH is 2. The smallest absolute Gasteiger partial charge is 0.185 e. The summed E-state index contributed by atoms with van der Waals surface area (Å²) in [4.78, 5) is 14.5. The van der Waals surface area contributed by atoms with Crippen molar-refractivity contribution in [1.29, 1.82) is 0 Å². The molecule has 3 rings (SSSR count). The second-order valence-electron chi connectivity index (χ2n) is 5.64. The maximum Gasteiger partial charge on any atom is 0.185 e. The molecule has 24 heavy (non-hydrogen) atoms. The highest BCUT2D eigenvalue weighted by atomic mass is 32.2. The molecular weight excluding hydrogens is 322 g/mol. The van der Waals surface area contributed by atoms with Crippen molar-refractivity contribution in [3.8, 4) is 11.3 Å². The molecule has 1 heterocycles. The number of fused-ring (bicyclic) bond motifs is 1. The minimum absolute atomic E-state index is 0.0801. The van der Waals surface area contributed by atoms with Crippen LogP contribution in [0.1, 0.15) is 18.6 Å². The van der Waals surface area contributed by atoms with Gasteiger partial charge < -0.3 is 15.2 Å². The molecule has 2 unspecified atom stereocenters. The number of hydrogen-bond acceptors (Lipinski definition) is 4. The second-order valence-corrected chi connectivity index (χ2v) is 6.84. The minimum atomic E-state index is -1.08. The van der Waals surface area contributed by atoms with Gasteiger partial charge >= 0.3 is 0 Å². The van der Waals surface area contributed by atoms with Crippen molar-refractivity contribution in [2.45, 2.75) is 19.1 Å². The number of nitrogens with one attached hydrogen (secondary N) is 1. The van der Waals surface area contributed by atoms with E-state index in [1.54, 1.807) is 0 Å². The quantitative estimate of drug-likeness (QED) is 0.664. The molecule has 3 N–H and O–H groups in total. The largest absolute Gasteiger partial charge is 0.389 e. The minimum Gasteiger partial charge on any atom is -0.389 e. The molecule has 0 spiro atoms. The predicted octanol–water partition coefficient (Wildman–Crippen LogP) is 3.51. The van der Waals surface area contributed by atoms with Crippen LogP contribution in [0.5, 0.6) is 0 Å². The molecule has 0 aliphatic carbocycles. The number of aromatic amines is 1. The van der Waals surface area contributed by atoms with Gasteiger partial charge in [-0.05, 0) is 11.6 Å². The SMILES string of the molecule is CC(=O)SCC(O)C(O)c1c(-c2ccccc2)[nH]c2ccccc12. The van der Waals surface area contributed by atoms with E-state index in [4.69, 9.17) is 0 Å². The maximum absolute atomic E-state index is 11.1. The van der Waals surface area contributed by atoms with Gasteiger partial charge in [-0.2, -0.15) is 0 Å². The standard InChI is InChI=1S/C19H19NO3S/c1-12(21)24-11-16(22)19(23)17-14-9-5-6-10-15(14)20-18(17)13-7-3-2-4-8-13/h2-10,16,19-20,22-23H,11H2,1H3. The van der Waals surface area contributed by atoms with Gasteiger partial charge in [-0.25, -0.2) is 0 Å². The molecule has 4 nitrogen and oxygen atoms in total. The van der Waals surface area contributed by atoms with E-state index in [1.807, 2.05) is 54.6 Å². The number of para-hydroxylation sites is 1. The van der Waals surface area contributed by atoms with Gasteiger partial charge in [0.25, 0.3) is 0 Å². The van der Waals surface area contributed by atoms with E-state index in [1.165, 1.54) is 6.92 Å². The third kappa shape index (κ3) is 3.38. The highest BCUT2D eigenvalue weighted by Crippen LogP contribution is 2.36. The van der Waals surface area contributed by atoms with Crippen LogP contribution >= 0.6 is 11.8 Å². The molecule has 124 valence electrons. The first-order chi connectivity index (χ1) is 11.6. The Morgan fingerprint density at radius 1 is 1.08 bits per heavy atom. The lowest BCUT2D eigenvalue weighted by atomic mass is 9.98. The van der Waals surface area contributed by atoms with Crippen molar-refractivity contribution in [3.63, 3.8) is 0 Å². The van der Waals surface area contributed by atoms with Gasteiger partial charge in [0.05, 0.1) is 11.8 Å². The molecule has 1 aromatic heterocycles. The molecule has 0 saturated heterocycles. The van der Waals surface area contributed by atoms with Crippen LogP contribution in [-0.2, 0) is 4.79 Å². The fourth-order valence-corrected chi connectivity index (χ4v) is 3.38. The lowest BCUT2D eigenvalue weighted by Gasteiger charge is -2.18. The molecule has 0 aliphatic rings. The summed E-state index contributed by atoms with van der Waals surface area (Å²) in [6, 6.07) is 17.4. The van der Waals surface area contributed by atoms with Gasteiger partial charge in [0.2, 0.25) is 0 Å². The number of rotatable bonds is 5. The van der Waals surface area contributed by atoms with Crippen molar-refractivity contribution in [1.82, 2.24) is 4.98 Å². The van der Waals surface area contributed by atoms with Gasteiger partial charge in [0.15, 0.2) is 5.12 Å². The summed E-state index contributed by atoms with van der Waals surface area (Å²) in [5.41, 5.74) is 3.29. The average Bonchev–Trinajstić information content (AvgIpc) is 2.99. The van der Waals surface area contributed by atoms with Crippen LogP contribution in [0.4, 0.5) is 0 Å². The van der Waals surface area contributed by atoms with Crippen LogP contribution in [0.2, 0.25) is 0 Å². The number of benzene rings is 2. The molecule has 0 bridgehead atoms. The van der Waals surface area contributed by atoms with Gasteiger partial charge in [-0.3, -0.25) is 4.79 Å². The second kappa shape index (κ2) is 7.21. The number of hydrogen-bond donors (Lipinski definition) is 3. The maximum atomic E-state index is 11.1. The molecule has 2 aromatic carbocycles. The first-order valence-electron chi connectivity index (χ1n) is 7.73. The van der Waals surface area contributed by atoms with E-state index in [9.17, 15) is 15.0 Å². The molecule has 2 atom stereocenters. The number of thioether (sulfide) groups is 1. The summed E-state index contributed by atoms with van der Waals surface area (Å²) in [5, 5.41) is 21.9. The molecule has 0 radical (unpaired) electrons. The summed E-state index contributed by atoms with van der Waals surface area (Å²) < 4.78 is 0. The normalized spacial score (nSPS) is 13.8. The van der Waals surface area contributed by atoms with Crippen LogP contribution in [0, 0.1) is 0 Å². The predicted molar refractivity (Wildman–Crippen MR) is 97.8 cm³/mol. The van der Waals surface area contributed by atoms with E-state index >= 15 is 0 Å². The van der Waals surface area contributed by atoms with E-state index in [2.05, 4.69) is 4.98 Å². The summed E-state index contributed by atoms with van der Waals surface area (Å²) in [6.45, 7) is 1.45. The van der Waals surface area contributed by atoms with Crippen molar-refractivity contribution >= 4 is 27.8 Å². The van der Waals surface area contributed by atoms with E-state index < -0.39 is 12.2 Å². The number of carbonyl (C=O) groups is 1. The van der Waals surface area contributed by atoms with Crippen molar-refractivity contribution in [2.24, 2.45) is 0 Å². The average molecular weight is 341 g/mol. The Morgan fingerprint density at radius 3 is 2.46 bits per heavy atom. The highest BCUT2D eigenvalue weighted by molar-refractivity contribution is 8.13. The fourth-order valence-electron chi connectivity index (χ4n) is 2.79. The van der Waals surface area contributed by atoms with Crippen LogP contribution in [0.3, 0.4) is 0 Å². The van der Waals surface area contributed by atoms with Gasteiger partial charge in [0.1, 0.15) is 6.10 Å². The van der Waals surface area contributed by atoms with E-state index in [0.29, 0.717) is 5.56 Å². The zero-order chi connectivity index (χ0) is 17.1. The Hall–Kier alpha value is -2.08. The summed E-state index contributed by atoms with van der Waals surface area (Å²) in [6.07, 6.45) is -2.11. The van der Waals surface area contributed by atoms with Crippen LogP contribution in [0.15, 0.2) is 54.6 Å². The lowest BCUT2D eigenvalue weighted by molar-refractivity contribution is -0.109. The number of carbonyl (C=O) groups excluding carboxylic acids is 1. The topological polar surface area (TPSA) is 73.3 Å². The number of aliphatic hydroxyl groups is 2. The molecule has 0 saturated carbocycles. The van der Waals surface area contributed by atoms with Crippen molar-refractivity contribution < 1.29 is 15.0 Å². The fraction of sp³-hybridized carbons (Fsp3) is 0.211. The Bertz CT molecular complexity index is 844. The Labute approximate surface area is 144 Å². The van der Waals surface area contributed by atoms with Gasteiger partial charge in [-0.15, -0.1) is 0 Å². The number of aromatic nitrogens is 1. The van der Waals surface area contributed by atoms with Crippen molar-refractivity contribution in [2.75, 3.05) is 5.75 Å². The molecule has 0 amide bonds. The monoisotopic (exact) mass is 341 g/mol. The molecule has 3 aromatic rings. The van der Waals surface area contributed by atoms with E-state index in [-0.39, 0.29) is 10.9 Å². The Kier molecular flexibility index (Phi) is 5.04. The third-order valence-electron chi connectivity index (χ3n) is 3.93. The lowest BCUT2D eigenvalue weighted by Crippen LogP contribution is -2.21. The molecule has 5 heteroatoms. The third-order valence-corrected chi connectivity index (χ3v) is 4.84. The van der Waals surface area contributed by atoms with Gasteiger partial charge in [-0.1, -0.05) is 60.3 Å². The van der Waals surface area contributed by atoms with Crippen molar-refractivity contribution in [3.05, 3.63) is 60.2 Å². The highest BCUT2D eigenvalue weighted by Gasteiger charge is 2.26. The van der Waals surface area contributed by atoms with E-state index in [0.717, 1.165) is 33.9 Å². The zero-order valence-electron chi connectivity index (χ0n) is 13.3. The summed E-state index contributed by atoms with van der Waals surface area (Å²) in [5.74, 6) is 0.157. The van der Waals surface area contributed by atoms with Crippen LogP contribution < -0.4 is 0 Å².